The molecule has 0 radical (unpaired) electrons. The van der Waals surface area contributed by atoms with Crippen molar-refractivity contribution in [1.82, 2.24) is 0 Å². The summed E-state index contributed by atoms with van der Waals surface area (Å²) in [4.78, 5) is 0. The van der Waals surface area contributed by atoms with Gasteiger partial charge in [0.25, 0.3) is 0 Å². The molecule has 4 heteroatoms. The van der Waals surface area contributed by atoms with Crippen LogP contribution in [0.4, 0.5) is 13.2 Å². The first-order valence-corrected chi connectivity index (χ1v) is 20.3. The van der Waals surface area contributed by atoms with E-state index in [1.807, 2.05) is 42.5 Å². The van der Waals surface area contributed by atoms with Crippen LogP contribution in [0.3, 0.4) is 0 Å². The Labute approximate surface area is 346 Å². The average molecular weight is 820 g/mol. The molecule has 2 aliphatic carbocycles. The first kappa shape index (κ1) is 41.0. The van der Waals surface area contributed by atoms with Crippen LogP contribution in [0.15, 0.2) is 152 Å². The fourth-order valence-electron chi connectivity index (χ4n) is 7.06. The van der Waals surface area contributed by atoms with Crippen LogP contribution in [-0.4, -0.2) is 3.21 Å². The molecule has 6 aromatic carbocycles. The van der Waals surface area contributed by atoms with Crippen LogP contribution >= 0.6 is 0 Å². The molecule has 0 N–H and O–H groups in total. The first-order chi connectivity index (χ1) is 26.6. The Morgan fingerprint density at radius 2 is 1.16 bits per heavy atom. The predicted molar refractivity (Wildman–Crippen MR) is 224 cm³/mol. The molecule has 0 heterocycles. The fourth-order valence-corrected chi connectivity index (χ4v) is 7.86. The summed E-state index contributed by atoms with van der Waals surface area (Å²) in [5.41, 5.74) is 14.5. The van der Waals surface area contributed by atoms with Crippen LogP contribution in [0.2, 0.25) is 0 Å². The van der Waals surface area contributed by atoms with Gasteiger partial charge in [-0.1, -0.05) is 131 Å². The Bertz CT molecular complexity index is 2240. The zero-order valence-corrected chi connectivity index (χ0v) is 35.4. The number of halogens is 3. The van der Waals surface area contributed by atoms with E-state index in [9.17, 15) is 13.2 Å². The smallest absolute Gasteiger partial charge is 0.109 e. The summed E-state index contributed by atoms with van der Waals surface area (Å²) in [6.07, 6.45) is 6.65. The third-order valence-corrected chi connectivity index (χ3v) is 11.4. The molecule has 0 aliphatic heterocycles. The predicted octanol–water partition coefficient (Wildman–Crippen LogP) is 14.1. The second-order valence-electron chi connectivity index (χ2n) is 16.2. The molecule has 8 rings (SSSR count). The summed E-state index contributed by atoms with van der Waals surface area (Å²) in [6.45, 7) is 13.9. The van der Waals surface area contributed by atoms with Gasteiger partial charge in [0, 0.05) is 0 Å². The van der Waals surface area contributed by atoms with E-state index >= 15 is 0 Å². The minimum atomic E-state index is -4.29. The van der Waals surface area contributed by atoms with E-state index in [-0.39, 0.29) is 10.8 Å². The Kier molecular flexibility index (Phi) is 12.6. The minimum Gasteiger partial charge on any atom is -0.273 e. The largest absolute Gasteiger partial charge is 0.273 e. The summed E-state index contributed by atoms with van der Waals surface area (Å²) < 4.78 is 38.8. The molecule has 0 amide bonds. The van der Waals surface area contributed by atoms with Gasteiger partial charge in [0.15, 0.2) is 0 Å². The van der Waals surface area contributed by atoms with Crippen molar-refractivity contribution in [3.8, 4) is 33.4 Å². The van der Waals surface area contributed by atoms with Crippen molar-refractivity contribution in [1.29, 1.82) is 0 Å². The minimum absolute atomic E-state index is 0.0380. The number of hydrogen-bond donors (Lipinski definition) is 0. The standard InChI is InChI=1S/C33H33.C14H9F3.C5H5.Zr/c1-32(2,3)30-20-26-24(18-28(30)22-13-9-7-10-14-22)17-25-19-29(23-15-11-8-12-16-23)31(21-27(25)26)33(4,5)6;15-14(16,17)13-8-4-7-12(10-13)9-11-5-2-1-3-6-11;1-2-4-5-3-1;/h7-16,18,20-21H,17H2,1-6H3;1-8,10H;1-3H,4H2;/q-1;;-1;+2. The molecular formula is C52H47F3Zr. The average Bonchev–Trinajstić information content (AvgIpc) is 3.89. The third kappa shape index (κ3) is 9.82. The Morgan fingerprint density at radius 3 is 1.70 bits per heavy atom. The van der Waals surface area contributed by atoms with Crippen LogP contribution in [0, 0.1) is 12.1 Å². The number of benzene rings is 6. The first-order valence-electron chi connectivity index (χ1n) is 19.0. The van der Waals surface area contributed by atoms with Gasteiger partial charge in [-0.05, 0) is 39.5 Å². The van der Waals surface area contributed by atoms with Gasteiger partial charge in [-0.2, -0.15) is 6.08 Å². The number of alkyl halides is 3. The van der Waals surface area contributed by atoms with Crippen molar-refractivity contribution in [2.75, 3.05) is 0 Å². The molecule has 2 aliphatic rings. The van der Waals surface area contributed by atoms with Crippen LogP contribution < -0.4 is 0 Å². The van der Waals surface area contributed by atoms with Gasteiger partial charge in [0.05, 0.1) is 0 Å². The molecule has 0 unspecified atom stereocenters. The summed E-state index contributed by atoms with van der Waals surface area (Å²) in [7, 11) is 0. The van der Waals surface area contributed by atoms with Gasteiger partial charge in [0.2, 0.25) is 0 Å². The van der Waals surface area contributed by atoms with Crippen LogP contribution in [0.25, 0.3) is 33.4 Å². The molecule has 0 fully saturated rings. The molecule has 6 aromatic rings. The van der Waals surface area contributed by atoms with E-state index in [0.717, 1.165) is 51.9 Å². The summed E-state index contributed by atoms with van der Waals surface area (Å²) in [5.74, 6) is 0. The number of hydrogen-bond acceptors (Lipinski definition) is 0. The van der Waals surface area contributed by atoms with Crippen molar-refractivity contribution in [3.05, 3.63) is 203 Å². The summed E-state index contributed by atoms with van der Waals surface area (Å²) >= 11 is 1.09. The number of rotatable bonds is 4. The maximum absolute atomic E-state index is 12.6. The monoisotopic (exact) mass is 818 g/mol. The Hall–Kier alpha value is -4.66. The Balaban J connectivity index is 0.000000192. The van der Waals surface area contributed by atoms with Gasteiger partial charge in [-0.25, -0.2) is 12.2 Å². The summed E-state index contributed by atoms with van der Waals surface area (Å²) in [5, 5.41) is 0. The molecule has 0 bridgehead atoms. The fraction of sp³-hybridized carbons (Fsp3) is 0.212. The second kappa shape index (κ2) is 17.2. The van der Waals surface area contributed by atoms with Crippen molar-refractivity contribution in [2.24, 2.45) is 0 Å². The maximum atomic E-state index is 12.6. The van der Waals surface area contributed by atoms with Crippen LogP contribution in [-0.2, 0) is 47.7 Å². The van der Waals surface area contributed by atoms with Gasteiger partial charge in [-0.15, -0.1) is 35.2 Å². The van der Waals surface area contributed by atoms with Crippen LogP contribution in [0.1, 0.15) is 86.9 Å². The zero-order chi connectivity index (χ0) is 40.1. The topological polar surface area (TPSA) is 0 Å². The molecular weight excluding hydrogens is 773 g/mol. The van der Waals surface area contributed by atoms with E-state index in [4.69, 9.17) is 0 Å². The van der Waals surface area contributed by atoms with E-state index in [1.54, 1.807) is 6.07 Å². The van der Waals surface area contributed by atoms with E-state index in [2.05, 4.69) is 139 Å². The Morgan fingerprint density at radius 1 is 0.589 bits per heavy atom. The molecule has 0 aromatic heterocycles. The number of allylic oxidation sites excluding steroid dienone is 4. The number of fused-ring (bicyclic) bond motifs is 3. The zero-order valence-electron chi connectivity index (χ0n) is 33.0. The molecule has 0 spiro atoms. The van der Waals surface area contributed by atoms with Crippen molar-refractivity contribution >= 4 is 3.21 Å². The summed E-state index contributed by atoms with van der Waals surface area (Å²) in [6, 6.07) is 47.8. The van der Waals surface area contributed by atoms with Crippen molar-refractivity contribution < 1.29 is 37.4 Å². The molecule has 56 heavy (non-hydrogen) atoms. The quantitative estimate of drug-likeness (QED) is 0.155. The molecule has 0 atom stereocenters. The SMILES string of the molecule is CC(C)(C)c1cc2c([c-]c1-c1ccccc1)Cc1cc(-c3ccccc3)c(C(C)(C)C)cc1-2.FC(F)(F)c1cccc([C](=[Zr+2])c2ccccc2)c1.[C-]1=CC=CC1. The molecule has 0 nitrogen and oxygen atoms in total. The van der Waals surface area contributed by atoms with E-state index in [0.29, 0.717) is 5.56 Å². The second-order valence-corrected chi connectivity index (χ2v) is 17.5. The van der Waals surface area contributed by atoms with Gasteiger partial charge in [-0.3, -0.25) is 6.08 Å². The maximum Gasteiger partial charge on any atom is -0.109 e. The van der Waals surface area contributed by atoms with Crippen LogP contribution in [0.5, 0.6) is 0 Å². The van der Waals surface area contributed by atoms with E-state index in [1.165, 1.54) is 67.8 Å². The van der Waals surface area contributed by atoms with Crippen molar-refractivity contribution in [3.63, 3.8) is 0 Å². The van der Waals surface area contributed by atoms with Crippen molar-refractivity contribution in [2.45, 2.75) is 71.4 Å². The third-order valence-electron chi connectivity index (χ3n) is 9.95. The molecule has 0 saturated carbocycles. The molecule has 0 saturated heterocycles. The van der Waals surface area contributed by atoms with Gasteiger partial charge < -0.3 is 0 Å². The van der Waals surface area contributed by atoms with Gasteiger partial charge >= 0.3 is 118 Å². The molecule has 280 valence electrons. The van der Waals surface area contributed by atoms with Gasteiger partial charge in [0.1, 0.15) is 0 Å². The normalized spacial score (nSPS) is 12.9. The van der Waals surface area contributed by atoms with E-state index < -0.39 is 11.7 Å².